The van der Waals surface area contributed by atoms with Gasteiger partial charge in [-0.1, -0.05) is 41.9 Å². The first-order valence-corrected chi connectivity index (χ1v) is 6.34. The summed E-state index contributed by atoms with van der Waals surface area (Å²) in [5.74, 6) is 0. The lowest BCUT2D eigenvalue weighted by atomic mass is 9.82. The maximum atomic E-state index is 10.0. The second-order valence-corrected chi connectivity index (χ2v) is 5.60. The lowest BCUT2D eigenvalue weighted by molar-refractivity contribution is -0.0893. The van der Waals surface area contributed by atoms with Gasteiger partial charge in [0.15, 0.2) is 0 Å². The van der Waals surface area contributed by atoms with E-state index in [1.807, 2.05) is 26.8 Å². The summed E-state index contributed by atoms with van der Waals surface area (Å²) >= 11 is 0. The zero-order valence-electron chi connectivity index (χ0n) is 12.0. The van der Waals surface area contributed by atoms with E-state index in [1.54, 1.807) is 13.8 Å². The van der Waals surface area contributed by atoms with Gasteiger partial charge in [-0.15, -0.1) is 0 Å². The molecule has 1 N–H and O–H groups in total. The molecular weight excluding hydrogens is 223 g/mol. The van der Waals surface area contributed by atoms with Crippen LogP contribution < -0.4 is 5.46 Å². The summed E-state index contributed by atoms with van der Waals surface area (Å²) in [5, 5.41) is 10.0. The van der Waals surface area contributed by atoms with Gasteiger partial charge in [-0.25, -0.2) is 0 Å². The molecule has 0 unspecified atom stereocenters. The van der Waals surface area contributed by atoms with Crippen molar-refractivity contribution in [3.63, 3.8) is 0 Å². The molecule has 0 fully saturated rings. The van der Waals surface area contributed by atoms with Gasteiger partial charge < -0.3 is 9.76 Å². The summed E-state index contributed by atoms with van der Waals surface area (Å²) in [6.07, 6.45) is 4.08. The molecule has 0 radical (unpaired) electrons. The Morgan fingerprint density at radius 1 is 1.11 bits per heavy atom. The Morgan fingerprint density at radius 3 is 2.11 bits per heavy atom. The predicted molar refractivity (Wildman–Crippen MR) is 79.4 cm³/mol. The fourth-order valence-electron chi connectivity index (χ4n) is 1.36. The highest BCUT2D eigenvalue weighted by atomic mass is 16.5. The summed E-state index contributed by atoms with van der Waals surface area (Å²) < 4.78 is 5.81. The molecule has 0 atom stereocenters. The van der Waals surface area contributed by atoms with E-state index in [-0.39, 0.29) is 0 Å². The Balaban J connectivity index is 2.64. The van der Waals surface area contributed by atoms with Crippen molar-refractivity contribution in [3.8, 4) is 0 Å². The smallest absolute Gasteiger partial charge is 0.309 e. The lowest BCUT2D eigenvalue weighted by Crippen LogP contribution is -2.49. The van der Waals surface area contributed by atoms with E-state index in [2.05, 4.69) is 30.3 Å². The van der Waals surface area contributed by atoms with Gasteiger partial charge in [0.1, 0.15) is 0 Å². The van der Waals surface area contributed by atoms with Crippen LogP contribution in [0.5, 0.6) is 0 Å². The normalized spacial score (nSPS) is 13.0. The Kier molecular flexibility index (Phi) is 4.77. The standard InChI is InChI=1S/C15H23BO2/c1-6-7-12-8-10-13(11-9-12)16-18-15(4,5)14(2,3)17/h6-11,16-17H,1-5H3/b7-6+. The molecule has 1 rings (SSSR count). The van der Waals surface area contributed by atoms with Crippen LogP contribution in [0.4, 0.5) is 0 Å². The van der Waals surface area contributed by atoms with Crippen molar-refractivity contribution in [3.05, 3.63) is 35.9 Å². The molecule has 1 aromatic carbocycles. The van der Waals surface area contributed by atoms with E-state index in [9.17, 15) is 5.11 Å². The van der Waals surface area contributed by atoms with E-state index in [0.29, 0.717) is 7.48 Å². The highest BCUT2D eigenvalue weighted by Crippen LogP contribution is 2.24. The number of aliphatic hydroxyl groups is 1. The fourth-order valence-corrected chi connectivity index (χ4v) is 1.36. The SMILES string of the molecule is C/C=C/c1ccc(BOC(C)(C)C(C)(C)O)cc1. The number of allylic oxidation sites excluding steroid dienone is 1. The zero-order valence-corrected chi connectivity index (χ0v) is 12.0. The summed E-state index contributed by atoms with van der Waals surface area (Å²) in [6, 6.07) is 8.23. The van der Waals surface area contributed by atoms with Crippen molar-refractivity contribution in [1.29, 1.82) is 0 Å². The quantitative estimate of drug-likeness (QED) is 0.807. The average molecular weight is 246 g/mol. The third-order valence-corrected chi connectivity index (χ3v) is 3.41. The number of hydrogen-bond donors (Lipinski definition) is 1. The van der Waals surface area contributed by atoms with Crippen LogP contribution in [0.2, 0.25) is 0 Å². The third-order valence-electron chi connectivity index (χ3n) is 3.41. The Bertz CT molecular complexity index is 399. The second-order valence-electron chi connectivity index (χ2n) is 5.60. The van der Waals surface area contributed by atoms with Crippen molar-refractivity contribution < 1.29 is 9.76 Å². The van der Waals surface area contributed by atoms with Crippen LogP contribution in [-0.2, 0) is 4.65 Å². The van der Waals surface area contributed by atoms with Gasteiger partial charge in [-0.3, -0.25) is 0 Å². The Labute approximate surface area is 111 Å². The first kappa shape index (κ1) is 15.0. The highest BCUT2D eigenvalue weighted by molar-refractivity contribution is 6.47. The average Bonchev–Trinajstić information content (AvgIpc) is 2.27. The Hall–Kier alpha value is -1.06. The molecule has 98 valence electrons. The van der Waals surface area contributed by atoms with Gasteiger partial charge in [0, 0.05) is 0 Å². The minimum Gasteiger partial charge on any atom is -0.427 e. The molecule has 0 saturated carbocycles. The maximum absolute atomic E-state index is 10.0. The van der Waals surface area contributed by atoms with Crippen molar-refractivity contribution >= 4 is 19.0 Å². The van der Waals surface area contributed by atoms with E-state index in [0.717, 1.165) is 5.46 Å². The molecule has 0 bridgehead atoms. The predicted octanol–water partition coefficient (Wildman–Crippen LogP) is 2.26. The van der Waals surface area contributed by atoms with Crippen molar-refractivity contribution in [2.75, 3.05) is 0 Å². The molecule has 0 aliphatic heterocycles. The number of rotatable bonds is 5. The first-order valence-electron chi connectivity index (χ1n) is 6.34. The molecule has 0 amide bonds. The first-order chi connectivity index (χ1) is 8.26. The minimum atomic E-state index is -0.863. The van der Waals surface area contributed by atoms with Crippen molar-refractivity contribution in [2.24, 2.45) is 0 Å². The molecule has 0 aromatic heterocycles. The summed E-state index contributed by atoms with van der Waals surface area (Å²) in [4.78, 5) is 0. The summed E-state index contributed by atoms with van der Waals surface area (Å²) in [6.45, 7) is 9.34. The van der Waals surface area contributed by atoms with E-state index in [1.165, 1.54) is 5.56 Å². The molecule has 3 heteroatoms. The van der Waals surface area contributed by atoms with Crippen LogP contribution in [0.3, 0.4) is 0 Å². The van der Waals surface area contributed by atoms with Gasteiger partial charge >= 0.3 is 7.48 Å². The van der Waals surface area contributed by atoms with Crippen LogP contribution in [-0.4, -0.2) is 23.8 Å². The van der Waals surface area contributed by atoms with Crippen molar-refractivity contribution in [1.82, 2.24) is 0 Å². The largest absolute Gasteiger partial charge is 0.427 e. The topological polar surface area (TPSA) is 29.5 Å². The number of hydrogen-bond acceptors (Lipinski definition) is 2. The van der Waals surface area contributed by atoms with Gasteiger partial charge in [-0.05, 0) is 40.2 Å². The van der Waals surface area contributed by atoms with Crippen LogP contribution >= 0.6 is 0 Å². The lowest BCUT2D eigenvalue weighted by Gasteiger charge is -2.37. The van der Waals surface area contributed by atoms with Gasteiger partial charge in [-0.2, -0.15) is 0 Å². The fraction of sp³-hybridized carbons (Fsp3) is 0.467. The minimum absolute atomic E-state index is 0.507. The third kappa shape index (κ3) is 4.00. The molecule has 2 nitrogen and oxygen atoms in total. The van der Waals surface area contributed by atoms with Crippen LogP contribution in [0.1, 0.15) is 40.2 Å². The molecule has 0 saturated heterocycles. The van der Waals surface area contributed by atoms with Crippen LogP contribution in [0.25, 0.3) is 6.08 Å². The molecule has 0 aliphatic rings. The van der Waals surface area contributed by atoms with E-state index < -0.39 is 11.2 Å². The summed E-state index contributed by atoms with van der Waals surface area (Å²) in [7, 11) is 0.507. The second kappa shape index (κ2) is 5.72. The van der Waals surface area contributed by atoms with Gasteiger partial charge in [0.05, 0.1) is 11.2 Å². The molecule has 0 aliphatic carbocycles. The molecule has 1 aromatic rings. The monoisotopic (exact) mass is 246 g/mol. The molecular formula is C15H23BO2. The maximum Gasteiger partial charge on any atom is 0.309 e. The van der Waals surface area contributed by atoms with E-state index >= 15 is 0 Å². The summed E-state index contributed by atoms with van der Waals surface area (Å²) in [5.41, 5.74) is 0.857. The van der Waals surface area contributed by atoms with Gasteiger partial charge in [0.25, 0.3) is 0 Å². The number of benzene rings is 1. The Morgan fingerprint density at radius 2 is 1.67 bits per heavy atom. The van der Waals surface area contributed by atoms with Crippen LogP contribution in [0.15, 0.2) is 30.3 Å². The van der Waals surface area contributed by atoms with E-state index in [4.69, 9.17) is 4.65 Å². The zero-order chi connectivity index (χ0) is 13.8. The molecule has 18 heavy (non-hydrogen) atoms. The molecule has 0 heterocycles. The van der Waals surface area contributed by atoms with Crippen molar-refractivity contribution in [2.45, 2.75) is 45.8 Å². The highest BCUT2D eigenvalue weighted by Gasteiger charge is 2.35. The van der Waals surface area contributed by atoms with Crippen LogP contribution in [0, 0.1) is 0 Å². The van der Waals surface area contributed by atoms with Gasteiger partial charge in [0.2, 0.25) is 0 Å². The molecule has 0 spiro atoms.